The van der Waals surface area contributed by atoms with Gasteiger partial charge in [-0.2, -0.15) is 19.9 Å². The van der Waals surface area contributed by atoms with Crippen molar-refractivity contribution < 1.29 is 14.7 Å². The van der Waals surface area contributed by atoms with Crippen LogP contribution in [0.2, 0.25) is 0 Å². The van der Waals surface area contributed by atoms with Crippen LogP contribution in [0.25, 0.3) is 9.69 Å². The van der Waals surface area contributed by atoms with Crippen LogP contribution in [-0.2, 0) is 11.1 Å². The molecule has 4 amide bonds. The lowest BCUT2D eigenvalue weighted by Gasteiger charge is -2.52. The van der Waals surface area contributed by atoms with Gasteiger partial charge >= 0.3 is 24.0 Å². The molecule has 3 aliphatic carbocycles. The minimum absolute atomic E-state index is 0.00888. The van der Waals surface area contributed by atoms with E-state index in [2.05, 4.69) is 121 Å². The summed E-state index contributed by atoms with van der Waals surface area (Å²) in [5, 5.41) is 14.2. The lowest BCUT2D eigenvalue weighted by Crippen LogP contribution is -2.59. The predicted octanol–water partition coefficient (Wildman–Crippen LogP) is 7.28. The third-order valence-electron chi connectivity index (χ3n) is 14.8. The predicted molar refractivity (Wildman–Crippen MR) is 237 cm³/mol. The number of hydrogen-bond donors (Lipinski definition) is 2. The van der Waals surface area contributed by atoms with Gasteiger partial charge in [-0.05, 0) is 110 Å². The van der Waals surface area contributed by atoms with E-state index in [1.807, 2.05) is 17.0 Å². The average molecular weight is 837 g/mol. The molecule has 322 valence electrons. The maximum absolute atomic E-state index is 13.7. The number of rotatable bonds is 8. The Morgan fingerprint density at radius 3 is 1.52 bits per heavy atom. The summed E-state index contributed by atoms with van der Waals surface area (Å²) in [6.07, 6.45) is 16.0. The van der Waals surface area contributed by atoms with Crippen LogP contribution in [0.1, 0.15) is 81.8 Å². The second-order valence-electron chi connectivity index (χ2n) is 18.3. The van der Waals surface area contributed by atoms with Gasteiger partial charge in [0.25, 0.3) is 0 Å². The van der Waals surface area contributed by atoms with Gasteiger partial charge in [0.2, 0.25) is 0 Å². The van der Waals surface area contributed by atoms with Gasteiger partial charge in [-0.25, -0.2) is 9.59 Å². The summed E-state index contributed by atoms with van der Waals surface area (Å²) in [5.41, 5.74) is 2.41. The highest BCUT2D eigenvalue weighted by Crippen LogP contribution is 2.51. The van der Waals surface area contributed by atoms with Gasteiger partial charge in [-0.15, -0.1) is 13.1 Å². The van der Waals surface area contributed by atoms with Crippen molar-refractivity contribution in [1.82, 2.24) is 40.0 Å². The molecule has 3 saturated carbocycles. The Morgan fingerprint density at radius 1 is 0.645 bits per heavy atom. The number of urea groups is 2. The number of aliphatic hydroxyl groups is 1. The van der Waals surface area contributed by atoms with Crippen molar-refractivity contribution in [2.45, 2.75) is 98.4 Å². The van der Waals surface area contributed by atoms with E-state index in [4.69, 9.17) is 13.1 Å². The molecule has 0 bridgehead atoms. The fraction of sp³-hybridized carbons (Fsp3) is 0.489. The molecule has 4 heterocycles. The molecule has 2 N–H and O–H groups in total. The van der Waals surface area contributed by atoms with Crippen LogP contribution in [0, 0.1) is 13.1 Å². The first-order chi connectivity index (χ1) is 29.8. The van der Waals surface area contributed by atoms with Crippen LogP contribution in [0.4, 0.5) is 32.9 Å². The molecule has 5 aliphatic rings. The molecule has 0 radical (unpaired) electrons. The number of carbonyl (C=O) groups is 2. The molecule has 2 aromatic carbocycles. The molecule has 2 spiro atoms. The smallest absolute Gasteiger partial charge is 0.371 e. The maximum Gasteiger partial charge on any atom is 0.371 e. The van der Waals surface area contributed by atoms with Crippen LogP contribution in [0.3, 0.4) is 0 Å². The van der Waals surface area contributed by atoms with E-state index in [-0.39, 0.29) is 46.1 Å². The van der Waals surface area contributed by atoms with Crippen LogP contribution in [0.5, 0.6) is 0 Å². The van der Waals surface area contributed by atoms with Crippen LogP contribution < -0.4 is 15.1 Å². The zero-order chi connectivity index (χ0) is 43.8. The molecule has 4 aromatic rings. The summed E-state index contributed by atoms with van der Waals surface area (Å²) in [4.78, 5) is 59.1. The third kappa shape index (κ3) is 7.74. The van der Waals surface area contributed by atoms with E-state index in [0.717, 1.165) is 70.6 Å². The van der Waals surface area contributed by atoms with Gasteiger partial charge < -0.3 is 25.0 Å². The van der Waals surface area contributed by atoms with Crippen molar-refractivity contribution >= 4 is 35.3 Å². The minimum atomic E-state index is -0.793. The Labute approximate surface area is 364 Å². The van der Waals surface area contributed by atoms with Gasteiger partial charge in [0, 0.05) is 11.1 Å². The highest BCUT2D eigenvalue weighted by Gasteiger charge is 2.57. The summed E-state index contributed by atoms with van der Waals surface area (Å²) in [6.45, 7) is 15.6. The summed E-state index contributed by atoms with van der Waals surface area (Å²) in [6, 6.07) is 21.1. The van der Waals surface area contributed by atoms with E-state index in [1.165, 1.54) is 11.1 Å². The van der Waals surface area contributed by atoms with Crippen molar-refractivity contribution in [3.05, 3.63) is 119 Å². The standard InChI is InChI=1S/C26H32N6O2.C21H24N6O/c1-27-22-28-16-21(17-29-22)31-18-24(32(23(31)33)19-25(34)10-7-11-25)12-14-26(15-13-24,30(2)3)20-8-5-4-6-9-20;1-22-18-23-13-17(14-24-18)27-15-20(25-19(27)28)9-11-21(12-10-20,26(2)3)16-7-5-4-6-8-16/h4-6,8-9,16-17,34H,7,10-15,18-19H2,2-3H3;4-8,13-14H,9-12,15H2,2-3H3,(H,25,28). The number of aromatic nitrogens is 4. The number of anilines is 2. The number of benzene rings is 2. The van der Waals surface area contributed by atoms with Crippen molar-refractivity contribution in [3.63, 3.8) is 0 Å². The Kier molecular flexibility index (Phi) is 11.5. The number of β-amino-alcohol motifs (C(OH)–C–C–N with tert-alkyl or cyclic N) is 1. The first-order valence-electron chi connectivity index (χ1n) is 21.6. The molecular formula is C47H56N12O3. The molecule has 0 atom stereocenters. The van der Waals surface area contributed by atoms with E-state index in [1.54, 1.807) is 34.6 Å². The second kappa shape index (κ2) is 16.7. The van der Waals surface area contributed by atoms with E-state index in [9.17, 15) is 14.7 Å². The zero-order valence-corrected chi connectivity index (χ0v) is 36.2. The van der Waals surface area contributed by atoms with E-state index < -0.39 is 5.60 Å². The molecule has 62 heavy (non-hydrogen) atoms. The van der Waals surface area contributed by atoms with Gasteiger partial charge in [0.15, 0.2) is 0 Å². The molecule has 0 unspecified atom stereocenters. The van der Waals surface area contributed by atoms with E-state index >= 15 is 0 Å². The Bertz CT molecular complexity index is 2310. The SMILES string of the molecule is [C-]#[N+]c1ncc(N2CC3(CCC(c4ccccc4)(N(C)C)CC3)N(CC3(O)CCC3)C2=O)cn1.[C-]#[N+]c1ncc(N2CC3(CCC(c4ccccc4)(N(C)C)CC3)NC2=O)cn1. The van der Waals surface area contributed by atoms with Crippen LogP contribution in [0.15, 0.2) is 85.5 Å². The number of nitrogens with one attached hydrogen (secondary N) is 1. The Morgan fingerprint density at radius 2 is 1.10 bits per heavy atom. The van der Waals surface area contributed by atoms with Gasteiger partial charge in [0.05, 0.1) is 36.3 Å². The zero-order valence-electron chi connectivity index (χ0n) is 36.2. The molecule has 15 heteroatoms. The molecule has 15 nitrogen and oxygen atoms in total. The van der Waals surface area contributed by atoms with Crippen molar-refractivity contribution in [2.75, 3.05) is 57.6 Å². The molecule has 2 aliphatic heterocycles. The summed E-state index contributed by atoms with van der Waals surface area (Å²) < 4.78 is 0. The first kappa shape index (κ1) is 42.7. The Hall–Kier alpha value is -6.00. The lowest BCUT2D eigenvalue weighted by molar-refractivity contribution is -0.0725. The Balaban J connectivity index is 0.000000174. The monoisotopic (exact) mass is 836 g/mol. The topological polar surface area (TPSA) is 143 Å². The number of carbonyl (C=O) groups excluding carboxylic acids is 2. The fourth-order valence-electron chi connectivity index (χ4n) is 10.7. The number of hydrogen-bond acceptors (Lipinski definition) is 9. The third-order valence-corrected chi connectivity index (χ3v) is 14.8. The van der Waals surface area contributed by atoms with E-state index in [0.29, 0.717) is 31.0 Å². The van der Waals surface area contributed by atoms with Gasteiger partial charge in [0.1, 0.15) is 36.2 Å². The second-order valence-corrected chi connectivity index (χ2v) is 18.3. The highest BCUT2D eigenvalue weighted by atomic mass is 16.3. The van der Waals surface area contributed by atoms with Gasteiger partial charge in [-0.3, -0.25) is 19.6 Å². The maximum atomic E-state index is 13.7. The molecule has 5 fully saturated rings. The molecule has 9 rings (SSSR count). The quantitative estimate of drug-likeness (QED) is 0.175. The highest BCUT2D eigenvalue weighted by molar-refractivity contribution is 5.96. The molecule has 2 saturated heterocycles. The van der Waals surface area contributed by atoms with Crippen molar-refractivity contribution in [2.24, 2.45) is 0 Å². The van der Waals surface area contributed by atoms with Crippen molar-refractivity contribution in [1.29, 1.82) is 0 Å². The normalized spacial score (nSPS) is 27.7. The summed E-state index contributed by atoms with van der Waals surface area (Å²) in [7, 11) is 8.56. The summed E-state index contributed by atoms with van der Waals surface area (Å²) >= 11 is 0. The van der Waals surface area contributed by atoms with Crippen molar-refractivity contribution in [3.8, 4) is 0 Å². The number of nitrogens with zero attached hydrogens (tertiary/aromatic N) is 11. The number of amides is 4. The minimum Gasteiger partial charge on any atom is -0.394 e. The molecule has 2 aromatic heterocycles. The van der Waals surface area contributed by atoms with Crippen LogP contribution >= 0.6 is 0 Å². The first-order valence-corrected chi connectivity index (χ1v) is 21.6. The fourth-order valence-corrected chi connectivity index (χ4v) is 10.7. The molecular weight excluding hydrogens is 781 g/mol. The largest absolute Gasteiger partial charge is 0.394 e. The van der Waals surface area contributed by atoms with Gasteiger partial charge in [-0.1, -0.05) is 60.7 Å². The lowest BCUT2D eigenvalue weighted by atomic mass is 9.67. The average Bonchev–Trinajstić information content (AvgIpc) is 3.75. The summed E-state index contributed by atoms with van der Waals surface area (Å²) in [5.74, 6) is 0.163. The van der Waals surface area contributed by atoms with Crippen LogP contribution in [-0.4, -0.2) is 116 Å².